The number of hydrogen-bond acceptors (Lipinski definition) is 2. The Morgan fingerprint density at radius 3 is 2.63 bits per heavy atom. The van der Waals surface area contributed by atoms with Gasteiger partial charge >= 0.3 is 12.1 Å². The largest absolute Gasteiger partial charge is 0.496 e. The van der Waals surface area contributed by atoms with Gasteiger partial charge in [-0.05, 0) is 24.1 Å². The highest BCUT2D eigenvalue weighted by atomic mass is 19.4. The summed E-state index contributed by atoms with van der Waals surface area (Å²) in [4.78, 5) is 10.3. The second kappa shape index (κ2) is 6.26. The van der Waals surface area contributed by atoms with E-state index in [4.69, 9.17) is 5.11 Å². The minimum absolute atomic E-state index is 0.0568. The van der Waals surface area contributed by atoms with Crippen molar-refractivity contribution in [3.8, 4) is 5.75 Å². The van der Waals surface area contributed by atoms with Gasteiger partial charge in [-0.3, -0.25) is 4.79 Å². The quantitative estimate of drug-likeness (QED) is 0.892. The van der Waals surface area contributed by atoms with Crippen LogP contribution in [-0.2, 0) is 11.0 Å². The van der Waals surface area contributed by atoms with Crippen LogP contribution < -0.4 is 4.74 Å². The lowest BCUT2D eigenvalue weighted by molar-refractivity contribution is -0.139. The van der Waals surface area contributed by atoms with Gasteiger partial charge in [0.1, 0.15) is 5.75 Å². The van der Waals surface area contributed by atoms with Crippen LogP contribution in [0.25, 0.3) is 6.08 Å². The second-order valence-electron chi connectivity index (χ2n) is 3.79. The standard InChI is InChI=1S/C13H13F3O3/c1-19-11-7-6-9(4-2-3-5-12(17)18)8-10(11)13(14,15)16/h2,4,6-8H,3,5H2,1H3,(H,17,18). The molecule has 104 valence electrons. The van der Waals surface area contributed by atoms with Crippen molar-refractivity contribution >= 4 is 12.0 Å². The highest BCUT2D eigenvalue weighted by Gasteiger charge is 2.34. The molecule has 1 aromatic carbocycles. The van der Waals surface area contributed by atoms with Crippen LogP contribution in [0.1, 0.15) is 24.0 Å². The molecule has 0 aliphatic carbocycles. The van der Waals surface area contributed by atoms with E-state index in [-0.39, 0.29) is 18.6 Å². The molecule has 0 fully saturated rings. The van der Waals surface area contributed by atoms with Gasteiger partial charge in [-0.15, -0.1) is 0 Å². The number of carboxylic acid groups (broad SMARTS) is 1. The summed E-state index contributed by atoms with van der Waals surface area (Å²) in [6.07, 6.45) is -1.30. The van der Waals surface area contributed by atoms with E-state index in [9.17, 15) is 18.0 Å². The molecule has 0 aliphatic rings. The Kier molecular flexibility index (Phi) is 4.97. The average Bonchev–Trinajstić information content (AvgIpc) is 2.33. The molecule has 0 atom stereocenters. The predicted octanol–water partition coefficient (Wildman–Crippen LogP) is 3.59. The Balaban J connectivity index is 2.90. The first-order chi connectivity index (χ1) is 8.84. The molecule has 1 aromatic rings. The maximum absolute atomic E-state index is 12.7. The van der Waals surface area contributed by atoms with Crippen molar-refractivity contribution in [3.63, 3.8) is 0 Å². The first-order valence-corrected chi connectivity index (χ1v) is 5.48. The van der Waals surface area contributed by atoms with E-state index in [0.717, 1.165) is 6.07 Å². The van der Waals surface area contributed by atoms with Crippen molar-refractivity contribution < 1.29 is 27.8 Å². The summed E-state index contributed by atoms with van der Waals surface area (Å²) < 4.78 is 42.8. The third-order valence-electron chi connectivity index (χ3n) is 2.36. The molecule has 0 aromatic heterocycles. The third-order valence-corrected chi connectivity index (χ3v) is 2.36. The summed E-state index contributed by atoms with van der Waals surface area (Å²) in [5, 5.41) is 8.43. The molecule has 1 rings (SSSR count). The second-order valence-corrected chi connectivity index (χ2v) is 3.79. The fourth-order valence-electron chi connectivity index (χ4n) is 1.48. The lowest BCUT2D eigenvalue weighted by Gasteiger charge is -2.12. The first-order valence-electron chi connectivity index (χ1n) is 5.48. The van der Waals surface area contributed by atoms with Crippen LogP contribution in [-0.4, -0.2) is 18.2 Å². The van der Waals surface area contributed by atoms with Gasteiger partial charge in [0.05, 0.1) is 12.7 Å². The van der Waals surface area contributed by atoms with Crippen LogP contribution in [0.3, 0.4) is 0 Å². The summed E-state index contributed by atoms with van der Waals surface area (Å²) >= 11 is 0. The van der Waals surface area contributed by atoms with Gasteiger partial charge in [0.2, 0.25) is 0 Å². The van der Waals surface area contributed by atoms with Crippen molar-refractivity contribution in [1.29, 1.82) is 0 Å². The molecular formula is C13H13F3O3. The fourth-order valence-corrected chi connectivity index (χ4v) is 1.48. The number of ether oxygens (including phenoxy) is 1. The van der Waals surface area contributed by atoms with Crippen LogP contribution in [0.15, 0.2) is 24.3 Å². The zero-order chi connectivity index (χ0) is 14.5. The Hall–Kier alpha value is -1.98. The summed E-state index contributed by atoms with van der Waals surface area (Å²) in [6.45, 7) is 0. The van der Waals surface area contributed by atoms with Gasteiger partial charge in [0.25, 0.3) is 0 Å². The maximum Gasteiger partial charge on any atom is 0.419 e. The number of benzene rings is 1. The molecule has 0 aliphatic heterocycles. The topological polar surface area (TPSA) is 46.5 Å². The molecule has 0 spiro atoms. The van der Waals surface area contributed by atoms with Crippen molar-refractivity contribution in [3.05, 3.63) is 35.4 Å². The normalized spacial score (nSPS) is 11.8. The minimum Gasteiger partial charge on any atom is -0.496 e. The molecule has 6 heteroatoms. The van der Waals surface area contributed by atoms with Gasteiger partial charge < -0.3 is 9.84 Å². The van der Waals surface area contributed by atoms with Crippen LogP contribution in [0.5, 0.6) is 5.75 Å². The van der Waals surface area contributed by atoms with Crippen molar-refractivity contribution in [1.82, 2.24) is 0 Å². The van der Waals surface area contributed by atoms with Crippen molar-refractivity contribution in [2.75, 3.05) is 7.11 Å². The molecule has 0 radical (unpaired) electrons. The van der Waals surface area contributed by atoms with Gasteiger partial charge in [-0.1, -0.05) is 18.2 Å². The number of aliphatic carboxylic acids is 1. The van der Waals surface area contributed by atoms with Crippen molar-refractivity contribution in [2.45, 2.75) is 19.0 Å². The number of carboxylic acids is 1. The Bertz CT molecular complexity index is 479. The lowest BCUT2D eigenvalue weighted by atomic mass is 10.1. The van der Waals surface area contributed by atoms with E-state index < -0.39 is 17.7 Å². The molecule has 0 saturated heterocycles. The number of alkyl halides is 3. The molecule has 0 saturated carbocycles. The summed E-state index contributed by atoms with van der Waals surface area (Å²) in [6, 6.07) is 3.68. The highest BCUT2D eigenvalue weighted by molar-refractivity contribution is 5.67. The average molecular weight is 274 g/mol. The minimum atomic E-state index is -4.49. The fraction of sp³-hybridized carbons (Fsp3) is 0.308. The molecule has 0 amide bonds. The Morgan fingerprint density at radius 2 is 2.11 bits per heavy atom. The first kappa shape index (κ1) is 15.1. The van der Waals surface area contributed by atoms with E-state index in [1.807, 2.05) is 0 Å². The van der Waals surface area contributed by atoms with Crippen LogP contribution in [0, 0.1) is 0 Å². The summed E-state index contributed by atoms with van der Waals surface area (Å²) in [7, 11) is 1.17. The van der Waals surface area contributed by atoms with Gasteiger partial charge in [-0.25, -0.2) is 0 Å². The SMILES string of the molecule is COc1ccc(C=CCCC(=O)O)cc1C(F)(F)F. The van der Waals surface area contributed by atoms with E-state index in [0.29, 0.717) is 5.56 Å². The highest BCUT2D eigenvalue weighted by Crippen LogP contribution is 2.36. The van der Waals surface area contributed by atoms with Gasteiger partial charge in [-0.2, -0.15) is 13.2 Å². The number of allylic oxidation sites excluding steroid dienone is 1. The molecule has 0 unspecified atom stereocenters. The lowest BCUT2D eigenvalue weighted by Crippen LogP contribution is -2.07. The molecule has 0 heterocycles. The van der Waals surface area contributed by atoms with Crippen LogP contribution in [0.2, 0.25) is 0 Å². The number of methoxy groups -OCH3 is 1. The number of carbonyl (C=O) groups is 1. The summed E-state index contributed by atoms with van der Waals surface area (Å²) in [5.74, 6) is -1.19. The van der Waals surface area contributed by atoms with Gasteiger partial charge in [0.15, 0.2) is 0 Å². The van der Waals surface area contributed by atoms with Crippen LogP contribution in [0.4, 0.5) is 13.2 Å². The molecule has 19 heavy (non-hydrogen) atoms. The number of halogens is 3. The van der Waals surface area contributed by atoms with E-state index in [1.165, 1.54) is 31.4 Å². The Labute approximate surface area is 108 Å². The molecule has 0 bridgehead atoms. The zero-order valence-corrected chi connectivity index (χ0v) is 10.2. The third kappa shape index (κ3) is 4.65. The molecule has 1 N–H and O–H groups in total. The van der Waals surface area contributed by atoms with E-state index in [2.05, 4.69) is 4.74 Å². The molecule has 3 nitrogen and oxygen atoms in total. The van der Waals surface area contributed by atoms with Crippen LogP contribution >= 0.6 is 0 Å². The number of rotatable bonds is 5. The number of hydrogen-bond donors (Lipinski definition) is 1. The van der Waals surface area contributed by atoms with E-state index >= 15 is 0 Å². The Morgan fingerprint density at radius 1 is 1.42 bits per heavy atom. The predicted molar refractivity (Wildman–Crippen MR) is 63.9 cm³/mol. The molecular weight excluding hydrogens is 261 g/mol. The maximum atomic E-state index is 12.7. The van der Waals surface area contributed by atoms with E-state index in [1.54, 1.807) is 0 Å². The van der Waals surface area contributed by atoms with Crippen molar-refractivity contribution in [2.24, 2.45) is 0 Å². The smallest absolute Gasteiger partial charge is 0.419 e. The zero-order valence-electron chi connectivity index (χ0n) is 10.2. The van der Waals surface area contributed by atoms with Gasteiger partial charge in [0, 0.05) is 6.42 Å². The summed E-state index contributed by atoms with van der Waals surface area (Å²) in [5.41, 5.74) is -0.506. The monoisotopic (exact) mass is 274 g/mol.